The predicted octanol–water partition coefficient (Wildman–Crippen LogP) is 4.38. The van der Waals surface area contributed by atoms with E-state index < -0.39 is 77.7 Å². The summed E-state index contributed by atoms with van der Waals surface area (Å²) in [4.78, 5) is 61.7. The third-order valence-corrected chi connectivity index (χ3v) is 6.68. The van der Waals surface area contributed by atoms with Crippen molar-refractivity contribution in [3.05, 3.63) is 65.2 Å². The molecule has 2 aromatic rings. The highest BCUT2D eigenvalue weighted by molar-refractivity contribution is 6.04. The van der Waals surface area contributed by atoms with Gasteiger partial charge in [0.15, 0.2) is 0 Å². The van der Waals surface area contributed by atoms with E-state index in [1.54, 1.807) is 45.0 Å². The van der Waals surface area contributed by atoms with E-state index in [9.17, 15) is 42.3 Å². The largest absolute Gasteiger partial charge is 0.465 e. The molecule has 0 radical (unpaired) electrons. The number of carbonyl (C=O) groups excluding carboxylic acids is 4. The minimum absolute atomic E-state index is 0.0311. The van der Waals surface area contributed by atoms with Crippen LogP contribution in [0.2, 0.25) is 0 Å². The molecule has 3 unspecified atom stereocenters. The van der Waals surface area contributed by atoms with Crippen molar-refractivity contribution in [3.8, 4) is 0 Å². The fourth-order valence-electron chi connectivity index (χ4n) is 4.67. The molecule has 1 fully saturated rings. The summed E-state index contributed by atoms with van der Waals surface area (Å²) in [6.07, 6.45) is -7.12. The van der Waals surface area contributed by atoms with Crippen LogP contribution in [0.25, 0.3) is 0 Å². The fourth-order valence-corrected chi connectivity index (χ4v) is 4.67. The molecular weight excluding hydrogens is 615 g/mol. The molecule has 0 bridgehead atoms. The van der Waals surface area contributed by atoms with E-state index in [1.807, 2.05) is 6.07 Å². The molecule has 0 aromatic heterocycles. The van der Waals surface area contributed by atoms with Crippen LogP contribution in [0.15, 0.2) is 48.5 Å². The topological polar surface area (TPSA) is 184 Å². The van der Waals surface area contributed by atoms with Gasteiger partial charge in [-0.25, -0.2) is 14.4 Å². The number of amides is 5. The quantitative estimate of drug-likeness (QED) is 0.231. The standard InChI is InChI=1S/C30H36F3N5O8/c1-29(2,3)46-28(44)38-21-11-9-18(30(31,32)33)13-20(21)25(40)34-15-24(39)36-23-14-19(10-12-22(23)37-26(41)42)35-27(43)45-16-17-7-5-4-6-8-17/h4-9,11,13,19,22-23,37H,10,12,14-16H2,1-3H3,(H,34,40)(H,35,43)(H,36,39)(H,38,44)(H,41,42). The Morgan fingerprint density at radius 2 is 1.59 bits per heavy atom. The molecule has 250 valence electrons. The van der Waals surface area contributed by atoms with Crippen LogP contribution in [0.5, 0.6) is 0 Å². The molecule has 0 saturated heterocycles. The fraction of sp³-hybridized carbons (Fsp3) is 0.433. The Kier molecular flexibility index (Phi) is 11.8. The monoisotopic (exact) mass is 651 g/mol. The molecule has 3 atom stereocenters. The maximum atomic E-state index is 13.4. The summed E-state index contributed by atoms with van der Waals surface area (Å²) in [6.45, 7) is 4.05. The number of carbonyl (C=O) groups is 5. The Morgan fingerprint density at radius 1 is 0.891 bits per heavy atom. The average Bonchev–Trinajstić information content (AvgIpc) is 2.95. The number of anilines is 1. The summed E-state index contributed by atoms with van der Waals surface area (Å²) in [5, 5.41) is 21.3. The highest BCUT2D eigenvalue weighted by atomic mass is 19.4. The van der Waals surface area contributed by atoms with Crippen molar-refractivity contribution in [3.63, 3.8) is 0 Å². The van der Waals surface area contributed by atoms with Crippen LogP contribution < -0.4 is 26.6 Å². The number of nitrogens with one attached hydrogen (secondary N) is 5. The van der Waals surface area contributed by atoms with Crippen LogP contribution in [0.1, 0.15) is 61.5 Å². The Morgan fingerprint density at radius 3 is 2.22 bits per heavy atom. The van der Waals surface area contributed by atoms with Crippen LogP contribution in [-0.4, -0.2) is 65.5 Å². The molecular formula is C30H36F3N5O8. The Balaban J connectivity index is 1.64. The highest BCUT2D eigenvalue weighted by Gasteiger charge is 2.35. The third kappa shape index (κ3) is 11.5. The highest BCUT2D eigenvalue weighted by Crippen LogP contribution is 2.32. The maximum Gasteiger partial charge on any atom is 0.416 e. The van der Waals surface area contributed by atoms with Crippen molar-refractivity contribution in [2.24, 2.45) is 0 Å². The molecule has 5 amide bonds. The van der Waals surface area contributed by atoms with E-state index in [0.29, 0.717) is 18.6 Å². The first-order valence-electron chi connectivity index (χ1n) is 14.3. The molecule has 1 aliphatic rings. The zero-order valence-electron chi connectivity index (χ0n) is 25.3. The van der Waals surface area contributed by atoms with Gasteiger partial charge in [-0.2, -0.15) is 13.2 Å². The number of hydrogen-bond donors (Lipinski definition) is 6. The summed E-state index contributed by atoms with van der Waals surface area (Å²) in [6, 6.07) is 9.04. The number of alkyl halides is 3. The van der Waals surface area contributed by atoms with Gasteiger partial charge in [0.1, 0.15) is 12.2 Å². The predicted molar refractivity (Wildman–Crippen MR) is 158 cm³/mol. The van der Waals surface area contributed by atoms with Crippen molar-refractivity contribution < 1.29 is 51.7 Å². The number of rotatable bonds is 9. The van der Waals surface area contributed by atoms with Gasteiger partial charge in [0.25, 0.3) is 5.91 Å². The van der Waals surface area contributed by atoms with Crippen LogP contribution in [-0.2, 0) is 27.1 Å². The average molecular weight is 652 g/mol. The van der Waals surface area contributed by atoms with E-state index >= 15 is 0 Å². The first kappa shape index (κ1) is 35.5. The van der Waals surface area contributed by atoms with Crippen molar-refractivity contribution in [1.82, 2.24) is 21.3 Å². The Hall–Kier alpha value is -5.02. The summed E-state index contributed by atoms with van der Waals surface area (Å²) < 4.78 is 50.5. The summed E-state index contributed by atoms with van der Waals surface area (Å²) in [5.74, 6) is -1.88. The molecule has 0 aliphatic heterocycles. The van der Waals surface area contributed by atoms with E-state index in [-0.39, 0.29) is 25.1 Å². The summed E-state index contributed by atoms with van der Waals surface area (Å²) in [5.41, 5.74) is -2.18. The van der Waals surface area contributed by atoms with Gasteiger partial charge in [-0.15, -0.1) is 0 Å². The van der Waals surface area contributed by atoms with Gasteiger partial charge < -0.3 is 35.8 Å². The number of benzene rings is 2. The molecule has 16 heteroatoms. The summed E-state index contributed by atoms with van der Waals surface area (Å²) >= 11 is 0. The molecule has 13 nitrogen and oxygen atoms in total. The second-order valence-electron chi connectivity index (χ2n) is 11.5. The van der Waals surface area contributed by atoms with Gasteiger partial charge in [-0.05, 0) is 63.8 Å². The van der Waals surface area contributed by atoms with Gasteiger partial charge >= 0.3 is 24.5 Å². The number of halogens is 3. The normalized spacial score (nSPS) is 18.0. The molecule has 46 heavy (non-hydrogen) atoms. The van der Waals surface area contributed by atoms with Crippen LogP contribution >= 0.6 is 0 Å². The van der Waals surface area contributed by atoms with Gasteiger partial charge in [0, 0.05) is 6.04 Å². The van der Waals surface area contributed by atoms with Crippen molar-refractivity contribution in [2.75, 3.05) is 11.9 Å². The van der Waals surface area contributed by atoms with Gasteiger partial charge in [-0.3, -0.25) is 14.9 Å². The third-order valence-electron chi connectivity index (χ3n) is 6.68. The van der Waals surface area contributed by atoms with E-state index in [4.69, 9.17) is 9.47 Å². The van der Waals surface area contributed by atoms with Crippen molar-refractivity contribution >= 4 is 35.8 Å². The number of ether oxygens (including phenoxy) is 2. The van der Waals surface area contributed by atoms with Crippen LogP contribution in [0, 0.1) is 0 Å². The van der Waals surface area contributed by atoms with Crippen LogP contribution in [0.4, 0.5) is 33.2 Å². The first-order valence-corrected chi connectivity index (χ1v) is 14.3. The van der Waals surface area contributed by atoms with E-state index in [2.05, 4.69) is 26.6 Å². The molecule has 0 heterocycles. The number of alkyl carbamates (subject to hydrolysis) is 1. The molecule has 1 aliphatic carbocycles. The molecule has 1 saturated carbocycles. The van der Waals surface area contributed by atoms with E-state index in [0.717, 1.165) is 11.6 Å². The van der Waals surface area contributed by atoms with E-state index in [1.165, 1.54) is 0 Å². The second-order valence-corrected chi connectivity index (χ2v) is 11.5. The Bertz CT molecular complexity index is 1420. The number of hydrogen-bond acceptors (Lipinski definition) is 7. The van der Waals surface area contributed by atoms with Gasteiger partial charge in [-0.1, -0.05) is 30.3 Å². The molecule has 6 N–H and O–H groups in total. The van der Waals surface area contributed by atoms with Gasteiger partial charge in [0.2, 0.25) is 5.91 Å². The zero-order chi connectivity index (χ0) is 34.1. The molecule has 3 rings (SSSR count). The lowest BCUT2D eigenvalue weighted by atomic mass is 9.86. The lowest BCUT2D eigenvalue weighted by Crippen LogP contribution is -2.58. The smallest absolute Gasteiger partial charge is 0.416 e. The minimum atomic E-state index is -4.80. The van der Waals surface area contributed by atoms with Gasteiger partial charge in [0.05, 0.1) is 35.4 Å². The molecule has 0 spiro atoms. The maximum absolute atomic E-state index is 13.4. The summed E-state index contributed by atoms with van der Waals surface area (Å²) in [7, 11) is 0. The van der Waals surface area contributed by atoms with Crippen molar-refractivity contribution in [2.45, 2.75) is 76.5 Å². The SMILES string of the molecule is CC(C)(C)OC(=O)Nc1ccc(C(F)(F)F)cc1C(=O)NCC(=O)NC1CC(NC(=O)OCc2ccccc2)CCC1NC(=O)O. The Labute approximate surface area is 262 Å². The molecule has 2 aromatic carbocycles. The second kappa shape index (κ2) is 15.3. The lowest BCUT2D eigenvalue weighted by molar-refractivity contribution is -0.137. The zero-order valence-corrected chi connectivity index (χ0v) is 25.3. The van der Waals surface area contributed by atoms with Crippen molar-refractivity contribution in [1.29, 1.82) is 0 Å². The minimum Gasteiger partial charge on any atom is -0.465 e. The lowest BCUT2D eigenvalue weighted by Gasteiger charge is -2.36. The van der Waals surface area contributed by atoms with Crippen LogP contribution in [0.3, 0.4) is 0 Å². The number of carboxylic acid groups (broad SMARTS) is 1. The first-order chi connectivity index (χ1) is 21.5.